The average molecular weight is 296 g/mol. The van der Waals surface area contributed by atoms with Gasteiger partial charge in [0, 0.05) is 18.6 Å². The summed E-state index contributed by atoms with van der Waals surface area (Å²) >= 11 is 6.23. The summed E-state index contributed by atoms with van der Waals surface area (Å²) in [6.45, 7) is 14.9. The fourth-order valence-corrected chi connectivity index (χ4v) is 2.14. The van der Waals surface area contributed by atoms with Crippen LogP contribution in [0.2, 0.25) is 5.02 Å². The number of pyridine rings is 1. The lowest BCUT2D eigenvalue weighted by molar-refractivity contribution is 0.516. The molecule has 1 aromatic heterocycles. The highest BCUT2D eigenvalue weighted by atomic mass is 35.5. The number of hydrogen-bond donors (Lipinski definition) is 1. The molecule has 1 rings (SSSR count). The first-order valence-electron chi connectivity index (χ1n) is 7.14. The van der Waals surface area contributed by atoms with Crippen LogP contribution in [0.15, 0.2) is 24.8 Å². The summed E-state index contributed by atoms with van der Waals surface area (Å²) in [6.07, 6.45) is 3.00. The molecule has 3 nitrogen and oxygen atoms in total. The van der Waals surface area contributed by atoms with Gasteiger partial charge in [0.1, 0.15) is 5.82 Å². The largest absolute Gasteiger partial charge is 0.348 e. The smallest absolute Gasteiger partial charge is 0.129 e. The molecule has 1 aromatic rings. The Hall–Kier alpha value is -1.06. The number of hydrogen-bond acceptors (Lipinski definition) is 3. The second-order valence-electron chi connectivity index (χ2n) is 5.84. The highest BCUT2D eigenvalue weighted by molar-refractivity contribution is 6.31. The van der Waals surface area contributed by atoms with Gasteiger partial charge >= 0.3 is 0 Å². The van der Waals surface area contributed by atoms with Crippen molar-refractivity contribution < 1.29 is 0 Å². The fraction of sp³-hybridized carbons (Fsp3) is 0.562. The molecule has 0 aliphatic carbocycles. The Kier molecular flexibility index (Phi) is 6.50. The molecule has 0 aromatic carbocycles. The third kappa shape index (κ3) is 4.80. The second-order valence-corrected chi connectivity index (χ2v) is 6.25. The SMILES string of the molecule is C=CCN(c1ccc(Cl)c(CNCCC)n1)C(C)(C)C. The lowest BCUT2D eigenvalue weighted by Gasteiger charge is -2.36. The maximum Gasteiger partial charge on any atom is 0.129 e. The molecule has 4 heteroatoms. The number of halogens is 1. The van der Waals surface area contributed by atoms with E-state index in [1.165, 1.54) is 0 Å². The third-order valence-electron chi connectivity index (χ3n) is 3.02. The van der Waals surface area contributed by atoms with Gasteiger partial charge in [-0.3, -0.25) is 0 Å². The molecule has 0 aliphatic heterocycles. The van der Waals surface area contributed by atoms with Gasteiger partial charge in [0.2, 0.25) is 0 Å². The Morgan fingerprint density at radius 3 is 2.65 bits per heavy atom. The van der Waals surface area contributed by atoms with E-state index < -0.39 is 0 Å². The van der Waals surface area contributed by atoms with Crippen LogP contribution in [-0.2, 0) is 6.54 Å². The third-order valence-corrected chi connectivity index (χ3v) is 3.37. The standard InChI is InChI=1S/C16H26ClN3/c1-6-10-18-12-14-13(17)8-9-15(19-14)20(11-7-2)16(3,4)5/h7-9,18H,2,6,10-12H2,1,3-5H3. The molecule has 0 saturated heterocycles. The van der Waals surface area contributed by atoms with Crippen molar-refractivity contribution in [3.05, 3.63) is 35.5 Å². The summed E-state index contributed by atoms with van der Waals surface area (Å²) in [5.41, 5.74) is 0.888. The van der Waals surface area contributed by atoms with Gasteiger partial charge in [0.05, 0.1) is 10.7 Å². The molecular weight excluding hydrogens is 270 g/mol. The molecule has 0 spiro atoms. The highest BCUT2D eigenvalue weighted by Gasteiger charge is 2.22. The Balaban J connectivity index is 2.99. The van der Waals surface area contributed by atoms with Crippen LogP contribution in [0.3, 0.4) is 0 Å². The lowest BCUT2D eigenvalue weighted by Crippen LogP contribution is -2.42. The van der Waals surface area contributed by atoms with Crippen molar-refractivity contribution in [3.63, 3.8) is 0 Å². The molecular formula is C16H26ClN3. The van der Waals surface area contributed by atoms with Gasteiger partial charge in [-0.2, -0.15) is 0 Å². The Bertz CT molecular complexity index is 438. The van der Waals surface area contributed by atoms with Gasteiger partial charge in [-0.1, -0.05) is 24.6 Å². The summed E-state index contributed by atoms with van der Waals surface area (Å²) in [6, 6.07) is 3.90. The zero-order valence-electron chi connectivity index (χ0n) is 13.0. The molecule has 0 radical (unpaired) electrons. The van der Waals surface area contributed by atoms with E-state index in [1.807, 2.05) is 18.2 Å². The van der Waals surface area contributed by atoms with Gasteiger partial charge in [-0.15, -0.1) is 6.58 Å². The molecule has 0 amide bonds. The molecule has 0 bridgehead atoms. The number of nitrogens with zero attached hydrogens (tertiary/aromatic N) is 2. The van der Waals surface area contributed by atoms with Gasteiger partial charge in [-0.05, 0) is 45.9 Å². The topological polar surface area (TPSA) is 28.2 Å². The molecule has 0 fully saturated rings. The monoisotopic (exact) mass is 295 g/mol. The molecule has 0 aliphatic rings. The normalized spacial score (nSPS) is 11.4. The highest BCUT2D eigenvalue weighted by Crippen LogP contribution is 2.25. The number of anilines is 1. The van der Waals surface area contributed by atoms with Gasteiger partial charge in [0.25, 0.3) is 0 Å². The summed E-state index contributed by atoms with van der Waals surface area (Å²) < 4.78 is 0. The Morgan fingerprint density at radius 2 is 2.10 bits per heavy atom. The second kappa shape index (κ2) is 7.65. The predicted octanol–water partition coefficient (Wildman–Crippen LogP) is 4.03. The van der Waals surface area contributed by atoms with E-state index in [-0.39, 0.29) is 5.54 Å². The maximum atomic E-state index is 6.23. The zero-order chi connectivity index (χ0) is 15.2. The van der Waals surface area contributed by atoms with Crippen molar-refractivity contribution in [2.45, 2.75) is 46.2 Å². The first-order chi connectivity index (χ1) is 9.40. The van der Waals surface area contributed by atoms with Crippen molar-refractivity contribution in [2.24, 2.45) is 0 Å². The van der Waals surface area contributed by atoms with Crippen molar-refractivity contribution in [1.82, 2.24) is 10.3 Å². The predicted molar refractivity (Wildman–Crippen MR) is 88.5 cm³/mol. The Labute approximate surface area is 128 Å². The summed E-state index contributed by atoms with van der Waals surface area (Å²) in [7, 11) is 0. The van der Waals surface area contributed by atoms with Crippen LogP contribution in [0.5, 0.6) is 0 Å². The summed E-state index contributed by atoms with van der Waals surface area (Å²) in [4.78, 5) is 6.94. The summed E-state index contributed by atoms with van der Waals surface area (Å²) in [5.74, 6) is 0.940. The number of rotatable bonds is 7. The van der Waals surface area contributed by atoms with Crippen LogP contribution in [0, 0.1) is 0 Å². The number of aromatic nitrogens is 1. The van der Waals surface area contributed by atoms with E-state index in [2.05, 4.69) is 44.5 Å². The molecule has 20 heavy (non-hydrogen) atoms. The average Bonchev–Trinajstić information content (AvgIpc) is 2.37. The van der Waals surface area contributed by atoms with Gasteiger partial charge in [0.15, 0.2) is 0 Å². The molecule has 0 saturated carbocycles. The van der Waals surface area contributed by atoms with E-state index in [0.717, 1.165) is 31.0 Å². The Morgan fingerprint density at radius 1 is 1.40 bits per heavy atom. The van der Waals surface area contributed by atoms with Crippen molar-refractivity contribution >= 4 is 17.4 Å². The van der Waals surface area contributed by atoms with E-state index in [0.29, 0.717) is 11.6 Å². The number of nitrogens with one attached hydrogen (secondary N) is 1. The first-order valence-corrected chi connectivity index (χ1v) is 7.52. The van der Waals surface area contributed by atoms with Crippen molar-refractivity contribution in [3.8, 4) is 0 Å². The van der Waals surface area contributed by atoms with Crippen LogP contribution < -0.4 is 10.2 Å². The van der Waals surface area contributed by atoms with E-state index >= 15 is 0 Å². The van der Waals surface area contributed by atoms with Gasteiger partial charge in [-0.25, -0.2) is 4.98 Å². The van der Waals surface area contributed by atoms with Crippen LogP contribution in [0.25, 0.3) is 0 Å². The molecule has 1 N–H and O–H groups in total. The van der Waals surface area contributed by atoms with Crippen LogP contribution >= 0.6 is 11.6 Å². The van der Waals surface area contributed by atoms with Crippen LogP contribution in [-0.4, -0.2) is 23.6 Å². The minimum atomic E-state index is -0.0108. The summed E-state index contributed by atoms with van der Waals surface area (Å²) in [5, 5.41) is 4.06. The van der Waals surface area contributed by atoms with Crippen LogP contribution in [0.1, 0.15) is 39.8 Å². The molecule has 112 valence electrons. The first kappa shape index (κ1) is 17.0. The van der Waals surface area contributed by atoms with Gasteiger partial charge < -0.3 is 10.2 Å². The quantitative estimate of drug-likeness (QED) is 0.608. The van der Waals surface area contributed by atoms with Crippen molar-refractivity contribution in [2.75, 3.05) is 18.0 Å². The lowest BCUT2D eigenvalue weighted by atomic mass is 10.1. The van der Waals surface area contributed by atoms with Crippen molar-refractivity contribution in [1.29, 1.82) is 0 Å². The van der Waals surface area contributed by atoms with Crippen LogP contribution in [0.4, 0.5) is 5.82 Å². The molecule has 0 atom stereocenters. The van der Waals surface area contributed by atoms with E-state index in [4.69, 9.17) is 16.6 Å². The molecule has 1 heterocycles. The molecule has 0 unspecified atom stereocenters. The minimum absolute atomic E-state index is 0.0108. The fourth-order valence-electron chi connectivity index (χ4n) is 1.97. The van der Waals surface area contributed by atoms with E-state index in [9.17, 15) is 0 Å². The van der Waals surface area contributed by atoms with E-state index in [1.54, 1.807) is 0 Å². The minimum Gasteiger partial charge on any atom is -0.348 e. The maximum absolute atomic E-state index is 6.23. The zero-order valence-corrected chi connectivity index (χ0v) is 13.8.